The number of hydrogen-bond donors (Lipinski definition) is 2. The lowest BCUT2D eigenvalue weighted by Gasteiger charge is -2.24. The maximum Gasteiger partial charge on any atom is 0.262 e. The fraction of sp³-hybridized carbons (Fsp3) is 0.455. The maximum atomic E-state index is 13.1. The summed E-state index contributed by atoms with van der Waals surface area (Å²) in [5.74, 6) is -2.56. The van der Waals surface area contributed by atoms with Crippen LogP contribution in [0.3, 0.4) is 0 Å². The molecule has 1 fully saturated rings. The zero-order valence-corrected chi connectivity index (χ0v) is 9.65. The Morgan fingerprint density at radius 1 is 1.38 bits per heavy atom. The Bertz CT molecular complexity index is 386. The summed E-state index contributed by atoms with van der Waals surface area (Å²) in [5.41, 5.74) is -0.0536. The maximum absolute atomic E-state index is 13.1. The van der Waals surface area contributed by atoms with Gasteiger partial charge in [-0.1, -0.05) is 12.1 Å². The molecule has 2 nitrogen and oxygen atoms in total. The number of halogens is 3. The van der Waals surface area contributed by atoms with Crippen molar-refractivity contribution in [3.63, 3.8) is 0 Å². The lowest BCUT2D eigenvalue weighted by atomic mass is 9.90. The van der Waals surface area contributed by atoms with Crippen molar-refractivity contribution < 1.29 is 13.9 Å². The topological polar surface area (TPSA) is 32.3 Å². The van der Waals surface area contributed by atoms with E-state index < -0.39 is 11.5 Å². The molecule has 0 amide bonds. The zero-order valence-electron chi connectivity index (χ0n) is 8.84. The number of phenols is 1. The Kier molecular flexibility index (Phi) is 3.45. The monoisotopic (exact) mass is 249 g/mol. The van der Waals surface area contributed by atoms with Crippen molar-refractivity contribution in [3.05, 3.63) is 29.8 Å². The largest absolute Gasteiger partial charge is 0.508 e. The molecular weight excluding hydrogens is 236 g/mol. The minimum absolute atomic E-state index is 0. The van der Waals surface area contributed by atoms with Crippen molar-refractivity contribution in [2.45, 2.75) is 24.8 Å². The van der Waals surface area contributed by atoms with E-state index in [1.54, 1.807) is 19.1 Å². The van der Waals surface area contributed by atoms with Crippen molar-refractivity contribution in [2.75, 3.05) is 6.54 Å². The number of phenolic OH excluding ortho intramolecular Hbond substituents is 1. The molecule has 1 aromatic carbocycles. The Balaban J connectivity index is 0.00000128. The normalized spacial score (nSPS) is 27.4. The van der Waals surface area contributed by atoms with Gasteiger partial charge in [0, 0.05) is 12.0 Å². The van der Waals surface area contributed by atoms with Crippen molar-refractivity contribution in [1.82, 2.24) is 5.32 Å². The van der Waals surface area contributed by atoms with Crippen LogP contribution >= 0.6 is 12.4 Å². The number of rotatable bonds is 1. The molecule has 2 N–H and O–H groups in total. The van der Waals surface area contributed by atoms with E-state index in [0.29, 0.717) is 5.56 Å². The summed E-state index contributed by atoms with van der Waals surface area (Å²) in [4.78, 5) is 0. The van der Waals surface area contributed by atoms with Crippen LogP contribution in [0.15, 0.2) is 24.3 Å². The average molecular weight is 250 g/mol. The summed E-state index contributed by atoms with van der Waals surface area (Å²) in [6, 6.07) is 6.45. The van der Waals surface area contributed by atoms with E-state index in [1.165, 1.54) is 12.1 Å². The third kappa shape index (κ3) is 2.44. The highest BCUT2D eigenvalue weighted by molar-refractivity contribution is 5.85. The van der Waals surface area contributed by atoms with E-state index in [2.05, 4.69) is 5.32 Å². The molecule has 2 rings (SSSR count). The van der Waals surface area contributed by atoms with Crippen molar-refractivity contribution in [1.29, 1.82) is 0 Å². The molecule has 1 aliphatic rings. The smallest absolute Gasteiger partial charge is 0.262 e. The van der Waals surface area contributed by atoms with Gasteiger partial charge in [-0.25, -0.2) is 8.78 Å². The second kappa shape index (κ2) is 4.18. The molecule has 0 bridgehead atoms. The van der Waals surface area contributed by atoms with Gasteiger partial charge < -0.3 is 10.4 Å². The van der Waals surface area contributed by atoms with Crippen molar-refractivity contribution in [2.24, 2.45) is 0 Å². The SMILES string of the molecule is CC1(c2cccc(O)c2)CC(F)(F)CN1.Cl. The fourth-order valence-electron chi connectivity index (χ4n) is 2.02. The number of alkyl halides is 2. The first-order valence-electron chi connectivity index (χ1n) is 4.84. The van der Waals surface area contributed by atoms with Crippen molar-refractivity contribution >= 4 is 12.4 Å². The van der Waals surface area contributed by atoms with Gasteiger partial charge in [-0.2, -0.15) is 0 Å². The Labute approximate surface area is 99.1 Å². The second-order valence-electron chi connectivity index (χ2n) is 4.27. The molecule has 0 saturated carbocycles. The van der Waals surface area contributed by atoms with E-state index in [0.717, 1.165) is 0 Å². The number of hydrogen-bond acceptors (Lipinski definition) is 2. The van der Waals surface area contributed by atoms with Crippen LogP contribution in [0.2, 0.25) is 0 Å². The minimum atomic E-state index is -2.67. The summed E-state index contributed by atoms with van der Waals surface area (Å²) in [6.07, 6.45) is -0.233. The van der Waals surface area contributed by atoms with Crippen LogP contribution in [0.1, 0.15) is 18.9 Å². The third-order valence-corrected chi connectivity index (χ3v) is 2.83. The van der Waals surface area contributed by atoms with Crippen LogP contribution in [0, 0.1) is 0 Å². The molecule has 0 aromatic heterocycles. The minimum Gasteiger partial charge on any atom is -0.508 e. The third-order valence-electron chi connectivity index (χ3n) is 2.83. The summed E-state index contributed by atoms with van der Waals surface area (Å²) >= 11 is 0. The van der Waals surface area contributed by atoms with Gasteiger partial charge in [-0.15, -0.1) is 12.4 Å². The molecule has 1 aliphatic heterocycles. The van der Waals surface area contributed by atoms with Gasteiger partial charge >= 0.3 is 0 Å². The summed E-state index contributed by atoms with van der Waals surface area (Å²) in [6.45, 7) is 1.42. The molecular formula is C11H14ClF2NO. The van der Waals surface area contributed by atoms with Crippen molar-refractivity contribution in [3.8, 4) is 5.75 Å². The van der Waals surface area contributed by atoms with E-state index >= 15 is 0 Å². The number of nitrogens with one attached hydrogen (secondary N) is 1. The Morgan fingerprint density at radius 3 is 2.56 bits per heavy atom. The van der Waals surface area contributed by atoms with Crippen LogP contribution in [0.5, 0.6) is 5.75 Å². The fourth-order valence-corrected chi connectivity index (χ4v) is 2.02. The van der Waals surface area contributed by atoms with E-state index in [9.17, 15) is 13.9 Å². The first kappa shape index (κ1) is 13.2. The number of aromatic hydroxyl groups is 1. The Morgan fingerprint density at radius 2 is 2.06 bits per heavy atom. The number of benzene rings is 1. The molecule has 1 heterocycles. The molecule has 1 saturated heterocycles. The van der Waals surface area contributed by atoms with E-state index in [1.807, 2.05) is 0 Å². The summed E-state index contributed by atoms with van der Waals surface area (Å²) < 4.78 is 26.2. The highest BCUT2D eigenvalue weighted by Crippen LogP contribution is 2.39. The van der Waals surface area contributed by atoms with Crippen LogP contribution in [0.4, 0.5) is 8.78 Å². The molecule has 1 aromatic rings. The second-order valence-corrected chi connectivity index (χ2v) is 4.27. The molecule has 90 valence electrons. The molecule has 5 heteroatoms. The van der Waals surface area contributed by atoms with Gasteiger partial charge in [0.05, 0.1) is 6.54 Å². The first-order valence-corrected chi connectivity index (χ1v) is 4.84. The highest BCUT2D eigenvalue weighted by Gasteiger charge is 2.47. The predicted octanol–water partition coefficient (Wildman–Crippen LogP) is 2.66. The van der Waals surface area contributed by atoms with E-state index in [4.69, 9.17) is 0 Å². The van der Waals surface area contributed by atoms with Gasteiger partial charge in [-0.3, -0.25) is 0 Å². The van der Waals surface area contributed by atoms with E-state index in [-0.39, 0.29) is 31.1 Å². The van der Waals surface area contributed by atoms with Crippen LogP contribution < -0.4 is 5.32 Å². The molecule has 1 unspecified atom stereocenters. The van der Waals surface area contributed by atoms with Gasteiger partial charge in [-0.05, 0) is 24.6 Å². The van der Waals surface area contributed by atoms with Crippen LogP contribution in [0.25, 0.3) is 0 Å². The Hall–Kier alpha value is -0.870. The highest BCUT2D eigenvalue weighted by atomic mass is 35.5. The predicted molar refractivity (Wildman–Crippen MR) is 60.3 cm³/mol. The standard InChI is InChI=1S/C11H13F2NO.ClH/c1-10(6-11(12,13)7-14-10)8-3-2-4-9(15)5-8;/h2-5,14-15H,6-7H2,1H3;1H. The molecule has 0 spiro atoms. The van der Waals surface area contributed by atoms with Gasteiger partial charge in [0.1, 0.15) is 5.75 Å². The van der Waals surface area contributed by atoms with Crippen LogP contribution in [-0.2, 0) is 5.54 Å². The lowest BCUT2D eigenvalue weighted by Crippen LogP contribution is -2.32. The van der Waals surface area contributed by atoms with Gasteiger partial charge in [0.2, 0.25) is 0 Å². The molecule has 16 heavy (non-hydrogen) atoms. The average Bonchev–Trinajstić information content (AvgIpc) is 2.42. The first-order chi connectivity index (χ1) is 6.91. The quantitative estimate of drug-likeness (QED) is 0.802. The van der Waals surface area contributed by atoms with Crippen LogP contribution in [-0.4, -0.2) is 17.6 Å². The lowest BCUT2D eigenvalue weighted by molar-refractivity contribution is 0.0165. The molecule has 0 radical (unpaired) electrons. The van der Waals surface area contributed by atoms with Gasteiger partial charge in [0.15, 0.2) is 0 Å². The molecule has 1 atom stereocenters. The van der Waals surface area contributed by atoms with Gasteiger partial charge in [0.25, 0.3) is 5.92 Å². The zero-order chi connectivity index (χ0) is 11.1. The summed E-state index contributed by atoms with van der Waals surface area (Å²) in [5, 5.41) is 12.1. The summed E-state index contributed by atoms with van der Waals surface area (Å²) in [7, 11) is 0. The molecule has 0 aliphatic carbocycles.